The SMILES string of the molecule is CC(C)(O)C#Cc1ccc2ncnc(Nc3ccc(Oc4ccccc4)c(Cl)c3)c2c1. The van der Waals surface area contributed by atoms with Crippen molar-refractivity contribution in [1.29, 1.82) is 0 Å². The van der Waals surface area contributed by atoms with E-state index < -0.39 is 5.60 Å². The number of para-hydroxylation sites is 1. The maximum atomic E-state index is 9.85. The second kappa shape index (κ2) is 8.65. The molecule has 0 aliphatic rings. The van der Waals surface area contributed by atoms with E-state index in [9.17, 15) is 5.11 Å². The number of fused-ring (bicyclic) bond motifs is 1. The van der Waals surface area contributed by atoms with Crippen LogP contribution in [0.25, 0.3) is 10.9 Å². The van der Waals surface area contributed by atoms with E-state index in [1.807, 2.05) is 54.6 Å². The van der Waals surface area contributed by atoms with Crippen molar-refractivity contribution in [1.82, 2.24) is 9.97 Å². The summed E-state index contributed by atoms with van der Waals surface area (Å²) in [6.45, 7) is 3.29. The highest BCUT2D eigenvalue weighted by molar-refractivity contribution is 6.32. The van der Waals surface area contributed by atoms with E-state index in [2.05, 4.69) is 27.1 Å². The van der Waals surface area contributed by atoms with Crippen molar-refractivity contribution in [2.45, 2.75) is 19.4 Å². The van der Waals surface area contributed by atoms with Gasteiger partial charge in [-0.3, -0.25) is 0 Å². The molecule has 0 spiro atoms. The van der Waals surface area contributed by atoms with Crippen LogP contribution in [0.5, 0.6) is 11.5 Å². The van der Waals surface area contributed by atoms with Crippen LogP contribution in [0, 0.1) is 11.8 Å². The average molecular weight is 430 g/mol. The Balaban J connectivity index is 1.62. The number of benzene rings is 3. The van der Waals surface area contributed by atoms with Crippen LogP contribution in [0.15, 0.2) is 73.1 Å². The number of aliphatic hydroxyl groups is 1. The number of rotatable bonds is 4. The third-order valence-electron chi connectivity index (χ3n) is 4.31. The summed E-state index contributed by atoms with van der Waals surface area (Å²) < 4.78 is 5.83. The first-order valence-corrected chi connectivity index (χ1v) is 10.0. The van der Waals surface area contributed by atoms with Gasteiger partial charge in [-0.2, -0.15) is 0 Å². The Morgan fingerprint density at radius 3 is 2.55 bits per heavy atom. The van der Waals surface area contributed by atoms with Crippen LogP contribution in [0.3, 0.4) is 0 Å². The Morgan fingerprint density at radius 1 is 1.00 bits per heavy atom. The molecule has 0 unspecified atom stereocenters. The highest BCUT2D eigenvalue weighted by atomic mass is 35.5. The number of aromatic nitrogens is 2. The van der Waals surface area contributed by atoms with E-state index >= 15 is 0 Å². The molecule has 2 N–H and O–H groups in total. The smallest absolute Gasteiger partial charge is 0.146 e. The van der Waals surface area contributed by atoms with Gasteiger partial charge in [0, 0.05) is 16.6 Å². The molecule has 0 amide bonds. The van der Waals surface area contributed by atoms with Gasteiger partial charge in [0.2, 0.25) is 0 Å². The highest BCUT2D eigenvalue weighted by Gasteiger charge is 2.09. The first-order chi connectivity index (χ1) is 14.9. The lowest BCUT2D eigenvalue weighted by molar-refractivity contribution is 0.143. The zero-order valence-corrected chi connectivity index (χ0v) is 17.8. The Morgan fingerprint density at radius 2 is 1.81 bits per heavy atom. The monoisotopic (exact) mass is 429 g/mol. The number of halogens is 1. The van der Waals surface area contributed by atoms with Crippen LogP contribution < -0.4 is 10.1 Å². The third kappa shape index (κ3) is 5.32. The number of nitrogens with zero attached hydrogens (tertiary/aromatic N) is 2. The molecule has 1 aromatic heterocycles. The van der Waals surface area contributed by atoms with E-state index in [-0.39, 0.29) is 0 Å². The molecule has 1 heterocycles. The average Bonchev–Trinajstić information content (AvgIpc) is 2.75. The fourth-order valence-corrected chi connectivity index (χ4v) is 3.09. The van der Waals surface area contributed by atoms with E-state index in [1.165, 1.54) is 6.33 Å². The van der Waals surface area contributed by atoms with Gasteiger partial charge < -0.3 is 15.2 Å². The summed E-state index contributed by atoms with van der Waals surface area (Å²) in [5.74, 6) is 7.71. The molecular formula is C25H20ClN3O2. The molecule has 0 atom stereocenters. The number of ether oxygens (including phenoxy) is 1. The Labute approximate surface area is 185 Å². The molecule has 154 valence electrons. The van der Waals surface area contributed by atoms with E-state index in [4.69, 9.17) is 16.3 Å². The van der Waals surface area contributed by atoms with Gasteiger partial charge in [0.15, 0.2) is 0 Å². The van der Waals surface area contributed by atoms with Gasteiger partial charge in [0.25, 0.3) is 0 Å². The first-order valence-electron chi connectivity index (χ1n) is 9.67. The van der Waals surface area contributed by atoms with Crippen LogP contribution in [0.2, 0.25) is 5.02 Å². The molecule has 0 aliphatic heterocycles. The third-order valence-corrected chi connectivity index (χ3v) is 4.61. The summed E-state index contributed by atoms with van der Waals surface area (Å²) in [6, 6.07) is 20.6. The fourth-order valence-electron chi connectivity index (χ4n) is 2.87. The maximum absolute atomic E-state index is 9.85. The normalized spacial score (nSPS) is 11.0. The molecule has 0 saturated carbocycles. The van der Waals surface area contributed by atoms with Gasteiger partial charge in [-0.15, -0.1) is 0 Å². The number of hydrogen-bond acceptors (Lipinski definition) is 5. The molecule has 6 heteroatoms. The predicted octanol–water partition coefficient (Wildman–Crippen LogP) is 5.94. The molecule has 5 nitrogen and oxygen atoms in total. The molecule has 4 aromatic rings. The number of nitrogens with one attached hydrogen (secondary N) is 1. The van der Waals surface area contributed by atoms with Gasteiger partial charge >= 0.3 is 0 Å². The molecular weight excluding hydrogens is 410 g/mol. The zero-order valence-electron chi connectivity index (χ0n) is 17.1. The molecule has 31 heavy (non-hydrogen) atoms. The number of hydrogen-bond donors (Lipinski definition) is 2. The van der Waals surface area contributed by atoms with Crippen LogP contribution in [0.4, 0.5) is 11.5 Å². The highest BCUT2D eigenvalue weighted by Crippen LogP contribution is 2.33. The lowest BCUT2D eigenvalue weighted by Gasteiger charge is -2.12. The predicted molar refractivity (Wildman–Crippen MR) is 124 cm³/mol. The minimum Gasteiger partial charge on any atom is -0.456 e. The number of anilines is 2. The van der Waals surface area contributed by atoms with Crippen LogP contribution >= 0.6 is 11.6 Å². The lowest BCUT2D eigenvalue weighted by Crippen LogP contribution is -2.14. The van der Waals surface area contributed by atoms with Crippen LogP contribution in [-0.2, 0) is 0 Å². The summed E-state index contributed by atoms with van der Waals surface area (Å²) in [6.07, 6.45) is 1.50. The van der Waals surface area contributed by atoms with Gasteiger partial charge in [-0.1, -0.05) is 41.6 Å². The van der Waals surface area contributed by atoms with Gasteiger partial charge in [-0.05, 0) is 62.4 Å². The van der Waals surface area contributed by atoms with E-state index in [0.717, 1.165) is 22.2 Å². The summed E-state index contributed by atoms with van der Waals surface area (Å²) in [5.41, 5.74) is 1.24. The van der Waals surface area contributed by atoms with Crippen molar-refractivity contribution in [2.24, 2.45) is 0 Å². The van der Waals surface area contributed by atoms with Crippen molar-refractivity contribution in [2.75, 3.05) is 5.32 Å². The minimum atomic E-state index is -1.07. The molecule has 3 aromatic carbocycles. The second-order valence-electron chi connectivity index (χ2n) is 7.45. The zero-order chi connectivity index (χ0) is 21.8. The van der Waals surface area contributed by atoms with Crippen LogP contribution in [-0.4, -0.2) is 20.7 Å². The molecule has 0 fully saturated rings. The minimum absolute atomic E-state index is 0.476. The van der Waals surface area contributed by atoms with Gasteiger partial charge in [-0.25, -0.2) is 9.97 Å². The molecule has 0 radical (unpaired) electrons. The van der Waals surface area contributed by atoms with Crippen molar-refractivity contribution in [3.63, 3.8) is 0 Å². The fraction of sp³-hybridized carbons (Fsp3) is 0.120. The summed E-state index contributed by atoms with van der Waals surface area (Å²) in [7, 11) is 0. The molecule has 0 bridgehead atoms. The van der Waals surface area contributed by atoms with Crippen LogP contribution in [0.1, 0.15) is 19.4 Å². The van der Waals surface area contributed by atoms with Crippen molar-refractivity contribution >= 4 is 34.0 Å². The molecule has 0 saturated heterocycles. The summed E-state index contributed by atoms with van der Waals surface area (Å²) in [4.78, 5) is 8.70. The van der Waals surface area contributed by atoms with E-state index in [0.29, 0.717) is 22.3 Å². The topological polar surface area (TPSA) is 67.3 Å². The van der Waals surface area contributed by atoms with Gasteiger partial charge in [0.1, 0.15) is 29.2 Å². The maximum Gasteiger partial charge on any atom is 0.146 e. The quantitative estimate of drug-likeness (QED) is 0.393. The van der Waals surface area contributed by atoms with E-state index in [1.54, 1.807) is 26.0 Å². The Hall–Kier alpha value is -3.59. The Bertz CT molecular complexity index is 1290. The standard InChI is InChI=1S/C25H20ClN3O2/c1-25(2,30)13-12-17-8-10-22-20(14-17)24(28-16-27-22)29-18-9-11-23(21(26)15-18)31-19-6-4-3-5-7-19/h3-11,14-16,30H,1-2H3,(H,27,28,29). The lowest BCUT2D eigenvalue weighted by atomic mass is 10.1. The molecule has 4 rings (SSSR count). The summed E-state index contributed by atoms with van der Waals surface area (Å²) >= 11 is 6.43. The van der Waals surface area contributed by atoms with Gasteiger partial charge in [0.05, 0.1) is 10.5 Å². The van der Waals surface area contributed by atoms with Crippen molar-refractivity contribution in [3.05, 3.63) is 83.6 Å². The largest absolute Gasteiger partial charge is 0.456 e. The van der Waals surface area contributed by atoms with Crippen molar-refractivity contribution < 1.29 is 9.84 Å². The molecule has 0 aliphatic carbocycles. The second-order valence-corrected chi connectivity index (χ2v) is 7.86. The Kier molecular flexibility index (Phi) is 5.77. The summed E-state index contributed by atoms with van der Waals surface area (Å²) in [5, 5.41) is 14.4. The van der Waals surface area contributed by atoms with Crippen molar-refractivity contribution in [3.8, 4) is 23.3 Å². The first kappa shape index (κ1) is 20.7.